The van der Waals surface area contributed by atoms with Gasteiger partial charge in [-0.3, -0.25) is 0 Å². The summed E-state index contributed by atoms with van der Waals surface area (Å²) in [4.78, 5) is 11.4. The first kappa shape index (κ1) is 6.91. The van der Waals surface area contributed by atoms with Crippen LogP contribution in [0.1, 0.15) is 0 Å². The highest BCUT2D eigenvalue weighted by atomic mass is 16.2. The molecular formula is C9H6N2O-2. The van der Waals surface area contributed by atoms with Crippen LogP contribution < -0.4 is 0 Å². The molecule has 60 valence electrons. The molecule has 0 saturated heterocycles. The van der Waals surface area contributed by atoms with Gasteiger partial charge in [-0.1, -0.05) is 12.4 Å². The van der Waals surface area contributed by atoms with E-state index in [0.717, 1.165) is 0 Å². The van der Waals surface area contributed by atoms with E-state index in [2.05, 4.69) is 12.4 Å². The monoisotopic (exact) mass is 158 g/mol. The topological polar surface area (TPSA) is 26.9 Å². The van der Waals surface area contributed by atoms with Crippen LogP contribution >= 0.6 is 0 Å². The zero-order valence-corrected chi connectivity index (χ0v) is 6.27. The van der Waals surface area contributed by atoms with Gasteiger partial charge in [0, 0.05) is 0 Å². The Labute approximate surface area is 69.9 Å². The number of rotatable bonds is 0. The average Bonchev–Trinajstić information content (AvgIpc) is 2.77. The molecule has 3 heteroatoms. The zero-order valence-electron chi connectivity index (χ0n) is 6.27. The van der Waals surface area contributed by atoms with Crippen molar-refractivity contribution in [1.29, 1.82) is 0 Å². The number of nitrogens with zero attached hydrogens (tertiary/aromatic N) is 2. The van der Waals surface area contributed by atoms with Crippen LogP contribution in [0.2, 0.25) is 0 Å². The molecule has 12 heavy (non-hydrogen) atoms. The number of aromatic nitrogens is 2. The van der Waals surface area contributed by atoms with E-state index < -0.39 is 0 Å². The van der Waals surface area contributed by atoms with Crippen molar-refractivity contribution < 1.29 is 4.79 Å². The lowest BCUT2D eigenvalue weighted by Gasteiger charge is -2.11. The molecule has 2 heterocycles. The molecule has 3 nitrogen and oxygen atoms in total. The Balaban J connectivity index is 2.34. The maximum Gasteiger partial charge on any atom is 0.232 e. The summed E-state index contributed by atoms with van der Waals surface area (Å²) in [5, 5.41) is 0. The lowest BCUT2D eigenvalue weighted by Crippen LogP contribution is -2.15. The second-order valence-corrected chi connectivity index (χ2v) is 2.30. The van der Waals surface area contributed by atoms with E-state index in [0.29, 0.717) is 0 Å². The Kier molecular flexibility index (Phi) is 1.55. The SMILES string of the molecule is O=C(n1[c-]ccc1)n1[c-]ccc1. The van der Waals surface area contributed by atoms with E-state index in [-0.39, 0.29) is 6.03 Å². The summed E-state index contributed by atoms with van der Waals surface area (Å²) < 4.78 is 2.74. The fraction of sp³-hybridized carbons (Fsp3) is 0. The third-order valence-corrected chi connectivity index (χ3v) is 1.50. The van der Waals surface area contributed by atoms with E-state index in [4.69, 9.17) is 0 Å². The summed E-state index contributed by atoms with van der Waals surface area (Å²) in [6.07, 6.45) is 8.80. The number of hydrogen-bond acceptors (Lipinski definition) is 1. The Morgan fingerprint density at radius 3 is 1.83 bits per heavy atom. The van der Waals surface area contributed by atoms with Crippen molar-refractivity contribution in [2.24, 2.45) is 0 Å². The van der Waals surface area contributed by atoms with Crippen molar-refractivity contribution in [3.8, 4) is 0 Å². The smallest absolute Gasteiger partial charge is 0.232 e. The van der Waals surface area contributed by atoms with Gasteiger partial charge in [0.25, 0.3) is 0 Å². The fourth-order valence-corrected chi connectivity index (χ4v) is 0.945. The first-order chi connectivity index (χ1) is 5.88. The molecular weight excluding hydrogens is 152 g/mol. The maximum atomic E-state index is 11.4. The highest BCUT2D eigenvalue weighted by molar-refractivity contribution is 5.78. The van der Waals surface area contributed by atoms with Crippen molar-refractivity contribution in [3.05, 3.63) is 49.1 Å². The molecule has 0 saturated carbocycles. The van der Waals surface area contributed by atoms with Gasteiger partial charge in [0.15, 0.2) is 0 Å². The van der Waals surface area contributed by atoms with Crippen molar-refractivity contribution in [2.75, 3.05) is 0 Å². The molecule has 0 atom stereocenters. The quantitative estimate of drug-likeness (QED) is 0.532. The van der Waals surface area contributed by atoms with Crippen molar-refractivity contribution in [2.45, 2.75) is 0 Å². The highest BCUT2D eigenvalue weighted by Gasteiger charge is 1.91. The Hall–Kier alpha value is -1.77. The van der Waals surface area contributed by atoms with Crippen LogP contribution in [0.25, 0.3) is 0 Å². The summed E-state index contributed by atoms with van der Waals surface area (Å²) in [5.74, 6) is 0. The largest absolute Gasteiger partial charge is 0.405 e. The predicted octanol–water partition coefficient (Wildman–Crippen LogP) is 1.41. The molecule has 0 aliphatic heterocycles. The fourth-order valence-electron chi connectivity index (χ4n) is 0.945. The highest BCUT2D eigenvalue weighted by Crippen LogP contribution is 1.94. The minimum atomic E-state index is -0.176. The molecule has 2 rings (SSSR count). The molecule has 0 unspecified atom stereocenters. The number of hydrogen-bond donors (Lipinski definition) is 0. The van der Waals surface area contributed by atoms with Gasteiger partial charge in [0.2, 0.25) is 6.03 Å². The predicted molar refractivity (Wildman–Crippen MR) is 42.7 cm³/mol. The Morgan fingerprint density at radius 1 is 1.00 bits per heavy atom. The van der Waals surface area contributed by atoms with Gasteiger partial charge in [0.05, 0.1) is 0 Å². The minimum absolute atomic E-state index is 0.176. The second kappa shape index (κ2) is 2.70. The number of carbonyl (C=O) groups is 1. The van der Waals surface area contributed by atoms with Crippen LogP contribution in [0, 0.1) is 12.4 Å². The summed E-state index contributed by atoms with van der Waals surface area (Å²) >= 11 is 0. The zero-order chi connectivity index (χ0) is 8.39. The van der Waals surface area contributed by atoms with Gasteiger partial charge in [-0.05, 0) is 0 Å². The third kappa shape index (κ3) is 1.05. The summed E-state index contributed by atoms with van der Waals surface area (Å²) in [6, 6.07) is 6.69. The standard InChI is InChI=1S/C9H6N2O/c12-9(10-5-1-2-6-10)11-7-3-4-8-11/h1-5,7H/q-2. The van der Waals surface area contributed by atoms with Crippen LogP contribution in [-0.4, -0.2) is 15.2 Å². The third-order valence-electron chi connectivity index (χ3n) is 1.50. The lowest BCUT2D eigenvalue weighted by atomic mass is 10.7. The molecule has 0 amide bonds. The van der Waals surface area contributed by atoms with Gasteiger partial charge < -0.3 is 13.9 Å². The lowest BCUT2D eigenvalue weighted by molar-refractivity contribution is 0.243. The minimum Gasteiger partial charge on any atom is -0.405 e. The van der Waals surface area contributed by atoms with E-state index in [1.54, 1.807) is 36.7 Å². The van der Waals surface area contributed by atoms with Crippen molar-refractivity contribution in [1.82, 2.24) is 9.13 Å². The van der Waals surface area contributed by atoms with Crippen molar-refractivity contribution in [3.63, 3.8) is 0 Å². The molecule has 0 fully saturated rings. The molecule has 0 aliphatic rings. The second-order valence-electron chi connectivity index (χ2n) is 2.30. The van der Waals surface area contributed by atoms with Crippen LogP contribution in [0.15, 0.2) is 36.7 Å². The first-order valence-electron chi connectivity index (χ1n) is 3.53. The first-order valence-corrected chi connectivity index (χ1v) is 3.53. The summed E-state index contributed by atoms with van der Waals surface area (Å²) in [6.45, 7) is 0. The van der Waals surface area contributed by atoms with Gasteiger partial charge in [-0.2, -0.15) is 12.1 Å². The Morgan fingerprint density at radius 2 is 1.50 bits per heavy atom. The van der Waals surface area contributed by atoms with Gasteiger partial charge >= 0.3 is 0 Å². The van der Waals surface area contributed by atoms with E-state index >= 15 is 0 Å². The average molecular weight is 158 g/mol. The van der Waals surface area contributed by atoms with E-state index in [9.17, 15) is 4.79 Å². The van der Waals surface area contributed by atoms with Gasteiger partial charge in [-0.15, -0.1) is 24.5 Å². The van der Waals surface area contributed by atoms with Crippen LogP contribution in [0.5, 0.6) is 0 Å². The maximum absolute atomic E-state index is 11.4. The molecule has 2 aromatic heterocycles. The summed E-state index contributed by atoms with van der Waals surface area (Å²) in [7, 11) is 0. The normalized spacial score (nSPS) is 10.0. The van der Waals surface area contributed by atoms with Crippen LogP contribution in [0.3, 0.4) is 0 Å². The van der Waals surface area contributed by atoms with Crippen LogP contribution in [-0.2, 0) is 0 Å². The number of carbonyl (C=O) groups excluding carboxylic acids is 1. The molecule has 0 bridgehead atoms. The van der Waals surface area contributed by atoms with E-state index in [1.807, 2.05) is 0 Å². The van der Waals surface area contributed by atoms with Crippen molar-refractivity contribution >= 4 is 6.03 Å². The van der Waals surface area contributed by atoms with Crippen LogP contribution in [0.4, 0.5) is 4.79 Å². The Bertz CT molecular complexity index is 323. The van der Waals surface area contributed by atoms with Gasteiger partial charge in [0.1, 0.15) is 0 Å². The van der Waals surface area contributed by atoms with E-state index in [1.165, 1.54) is 9.13 Å². The molecule has 2 aromatic rings. The molecule has 0 aliphatic carbocycles. The molecule has 0 radical (unpaired) electrons. The molecule has 0 spiro atoms. The summed E-state index contributed by atoms with van der Waals surface area (Å²) in [5.41, 5.74) is 0. The van der Waals surface area contributed by atoms with Gasteiger partial charge in [-0.25, -0.2) is 0 Å². The molecule has 0 N–H and O–H groups in total. The molecule has 0 aromatic carbocycles.